The van der Waals surface area contributed by atoms with Crippen LogP contribution in [0, 0.1) is 0 Å². The number of rotatable bonds is 12. The second kappa shape index (κ2) is 19.5. The van der Waals surface area contributed by atoms with Gasteiger partial charge in [0.1, 0.15) is 11.5 Å². The molecule has 0 amide bonds. The fourth-order valence-corrected chi connectivity index (χ4v) is 4.10. The van der Waals surface area contributed by atoms with E-state index in [0.29, 0.717) is 5.75 Å². The van der Waals surface area contributed by atoms with Crippen molar-refractivity contribution >= 4 is 15.2 Å². The molecular weight excluding hydrogens is 556 g/mol. The van der Waals surface area contributed by atoms with Crippen LogP contribution < -0.4 is 148 Å². The van der Waals surface area contributed by atoms with Gasteiger partial charge in [-0.2, -0.15) is 0 Å². The average Bonchev–Trinajstić information content (AvgIpc) is 2.68. The zero-order chi connectivity index (χ0) is 24.0. The molecule has 17 heteroatoms. The van der Waals surface area contributed by atoms with Gasteiger partial charge in [-0.15, -0.1) is 0 Å². The van der Waals surface area contributed by atoms with Gasteiger partial charge in [-0.1, -0.05) is 33.4 Å². The normalized spacial score (nSPS) is 11.3. The number of nitrogens with one attached hydrogen (secondary N) is 1. The van der Waals surface area contributed by atoms with E-state index in [-0.39, 0.29) is 142 Å². The van der Waals surface area contributed by atoms with E-state index in [2.05, 4.69) is 5.32 Å². The van der Waals surface area contributed by atoms with E-state index < -0.39 is 52.9 Å². The predicted molar refractivity (Wildman–Crippen MR) is 106 cm³/mol. The summed E-state index contributed by atoms with van der Waals surface area (Å²) >= 11 is 0. The molecule has 0 spiro atoms. The standard InChI is InChI=1S/C19H27NO10P2.4Na/c21-11-19(12-22,13-23)20-8-14-1-3-17(4-2-14)30-18-6-15(9-31(24,25)26)5-16(7-18)10-32(27,28)29;;;;/h1-7,20-23H,8-13H2,(H2,24,25,26)(H2,27,28,29);;;;/q;4*+1/p-4. The number of ether oxygens (including phenoxy) is 1. The van der Waals surface area contributed by atoms with E-state index in [1.54, 1.807) is 24.3 Å². The Hall–Kier alpha value is 2.38. The van der Waals surface area contributed by atoms with E-state index in [1.165, 1.54) is 12.1 Å². The van der Waals surface area contributed by atoms with Crippen molar-refractivity contribution in [2.75, 3.05) is 19.8 Å². The maximum Gasteiger partial charge on any atom is 1.00 e. The van der Waals surface area contributed by atoms with Crippen molar-refractivity contribution < 1.29 is 167 Å². The van der Waals surface area contributed by atoms with E-state index in [9.17, 15) is 44.0 Å². The summed E-state index contributed by atoms with van der Waals surface area (Å²) in [5.74, 6) is 0.347. The summed E-state index contributed by atoms with van der Waals surface area (Å²) in [5, 5.41) is 30.9. The first-order chi connectivity index (χ1) is 14.9. The molecular formula is C19H23NNa4O10P2. The molecule has 0 atom stereocenters. The van der Waals surface area contributed by atoms with Gasteiger partial charge in [-0.25, -0.2) is 0 Å². The molecule has 2 aromatic carbocycles. The first-order valence-corrected chi connectivity index (χ1v) is 12.8. The maximum absolute atomic E-state index is 11.1. The molecule has 0 bridgehead atoms. The van der Waals surface area contributed by atoms with Gasteiger partial charge in [0.25, 0.3) is 0 Å². The molecule has 36 heavy (non-hydrogen) atoms. The SMILES string of the molecule is O=P([O-])([O-])Cc1cc(CP(=O)([O-])[O-])cc(Oc2ccc(CNC(CO)(CO)CO)cc2)c1.[Na+].[Na+].[Na+].[Na+]. The number of aliphatic hydroxyl groups excluding tert-OH is 3. The average molecular weight is 579 g/mol. The van der Waals surface area contributed by atoms with E-state index in [1.807, 2.05) is 0 Å². The summed E-state index contributed by atoms with van der Waals surface area (Å²) in [5.41, 5.74) is -0.525. The Morgan fingerprint density at radius 2 is 1.11 bits per heavy atom. The summed E-state index contributed by atoms with van der Waals surface area (Å²) in [6.45, 7) is -1.20. The van der Waals surface area contributed by atoms with Crippen LogP contribution in [-0.2, 0) is 28.0 Å². The van der Waals surface area contributed by atoms with Crippen molar-refractivity contribution in [3.63, 3.8) is 0 Å². The van der Waals surface area contributed by atoms with Crippen molar-refractivity contribution in [1.82, 2.24) is 5.32 Å². The molecule has 178 valence electrons. The third kappa shape index (κ3) is 16.0. The Labute approximate surface area is 298 Å². The predicted octanol–water partition coefficient (Wildman–Crippen LogP) is -13.9. The molecule has 0 unspecified atom stereocenters. The largest absolute Gasteiger partial charge is 1.00 e. The van der Waals surface area contributed by atoms with Crippen LogP contribution >= 0.6 is 15.2 Å². The van der Waals surface area contributed by atoms with Gasteiger partial charge in [-0.05, 0) is 41.0 Å². The number of hydrogen-bond acceptors (Lipinski definition) is 11. The third-order valence-corrected chi connectivity index (χ3v) is 6.02. The van der Waals surface area contributed by atoms with Gasteiger partial charge in [0, 0.05) is 18.9 Å². The zero-order valence-corrected chi connectivity index (χ0v) is 30.7. The smallest absolute Gasteiger partial charge is 0.810 e. The van der Waals surface area contributed by atoms with E-state index in [0.717, 1.165) is 11.6 Å². The second-order valence-electron chi connectivity index (χ2n) is 7.38. The second-order valence-corrected chi connectivity index (χ2v) is 10.5. The van der Waals surface area contributed by atoms with E-state index in [4.69, 9.17) is 4.74 Å². The van der Waals surface area contributed by atoms with Crippen molar-refractivity contribution in [1.29, 1.82) is 0 Å². The molecule has 4 N–H and O–H groups in total. The van der Waals surface area contributed by atoms with Crippen LogP contribution in [-0.4, -0.2) is 40.7 Å². The van der Waals surface area contributed by atoms with E-state index >= 15 is 0 Å². The van der Waals surface area contributed by atoms with Crippen LogP contribution in [0.3, 0.4) is 0 Å². The summed E-state index contributed by atoms with van der Waals surface area (Å²) in [6.07, 6.45) is -1.74. The Morgan fingerprint density at radius 3 is 1.47 bits per heavy atom. The first kappa shape index (κ1) is 42.8. The molecule has 2 aromatic rings. The number of hydrogen-bond donors (Lipinski definition) is 4. The number of aliphatic hydroxyl groups is 3. The molecule has 0 fully saturated rings. The Morgan fingerprint density at radius 1 is 0.694 bits per heavy atom. The Bertz CT molecular complexity index is 950. The Balaban J connectivity index is -0.00000272. The molecule has 0 aromatic heterocycles. The zero-order valence-electron chi connectivity index (χ0n) is 20.9. The van der Waals surface area contributed by atoms with Crippen LogP contribution in [0.2, 0.25) is 0 Å². The first-order valence-electron chi connectivity index (χ1n) is 9.36. The fourth-order valence-electron chi connectivity index (χ4n) is 2.84. The summed E-state index contributed by atoms with van der Waals surface area (Å²) in [7, 11) is -9.88. The van der Waals surface area contributed by atoms with Gasteiger partial charge >= 0.3 is 118 Å². The Kier molecular flexibility index (Phi) is 23.2. The topological polar surface area (TPSA) is 208 Å². The molecule has 11 nitrogen and oxygen atoms in total. The minimum atomic E-state index is -4.94. The van der Waals surface area contributed by atoms with Gasteiger partial charge in [-0.3, -0.25) is 0 Å². The van der Waals surface area contributed by atoms with Crippen LogP contribution in [0.5, 0.6) is 11.5 Å². The van der Waals surface area contributed by atoms with Crippen LogP contribution in [0.1, 0.15) is 16.7 Å². The molecule has 0 heterocycles. The van der Waals surface area contributed by atoms with Gasteiger partial charge < -0.3 is 54.1 Å². The van der Waals surface area contributed by atoms with Crippen molar-refractivity contribution in [2.24, 2.45) is 0 Å². The van der Waals surface area contributed by atoms with Crippen LogP contribution in [0.25, 0.3) is 0 Å². The minimum absolute atomic E-state index is 0. The minimum Gasteiger partial charge on any atom is -0.810 e. The summed E-state index contributed by atoms with van der Waals surface area (Å²) in [6, 6.07) is 10.1. The molecule has 2 rings (SSSR count). The van der Waals surface area contributed by atoms with Crippen LogP contribution in [0.15, 0.2) is 42.5 Å². The van der Waals surface area contributed by atoms with Gasteiger partial charge in [0.2, 0.25) is 0 Å². The fraction of sp³-hybridized carbons (Fsp3) is 0.368. The quantitative estimate of drug-likeness (QED) is 0.137. The summed E-state index contributed by atoms with van der Waals surface area (Å²) in [4.78, 5) is 44.4. The molecule has 0 radical (unpaired) electrons. The van der Waals surface area contributed by atoms with Gasteiger partial charge in [0.05, 0.1) is 25.4 Å². The molecule has 0 aliphatic carbocycles. The summed E-state index contributed by atoms with van der Waals surface area (Å²) < 4.78 is 27.8. The molecule has 0 aliphatic rings. The van der Waals surface area contributed by atoms with Crippen LogP contribution in [0.4, 0.5) is 0 Å². The molecule has 0 aliphatic heterocycles. The van der Waals surface area contributed by atoms with Gasteiger partial charge in [0.15, 0.2) is 0 Å². The monoisotopic (exact) mass is 579 g/mol. The third-order valence-electron chi connectivity index (χ3n) is 4.51. The molecule has 0 saturated carbocycles. The van der Waals surface area contributed by atoms with Crippen molar-refractivity contribution in [3.05, 3.63) is 59.2 Å². The number of benzene rings is 2. The van der Waals surface area contributed by atoms with Crippen molar-refractivity contribution in [2.45, 2.75) is 24.4 Å². The molecule has 0 saturated heterocycles. The maximum atomic E-state index is 11.1. The van der Waals surface area contributed by atoms with Crippen molar-refractivity contribution in [3.8, 4) is 11.5 Å².